The molecule has 0 fully saturated rings. The van der Waals surface area contributed by atoms with Gasteiger partial charge in [0.15, 0.2) is 0 Å². The number of hydrogen-bond donors (Lipinski definition) is 2. The van der Waals surface area contributed by atoms with Gasteiger partial charge in [0, 0.05) is 18.3 Å². The molecule has 120 valence electrons. The molecule has 0 bridgehead atoms. The summed E-state index contributed by atoms with van der Waals surface area (Å²) in [5.41, 5.74) is 4.83. The van der Waals surface area contributed by atoms with E-state index in [0.29, 0.717) is 23.9 Å². The van der Waals surface area contributed by atoms with Crippen molar-refractivity contribution in [3.8, 4) is 0 Å². The van der Waals surface area contributed by atoms with Crippen molar-refractivity contribution in [3.63, 3.8) is 0 Å². The molecule has 0 unspecified atom stereocenters. The zero-order chi connectivity index (χ0) is 17.0. The van der Waals surface area contributed by atoms with E-state index in [9.17, 15) is 4.79 Å². The Hall–Kier alpha value is -2.69. The minimum Gasteiger partial charge on any atom is -0.347 e. The Morgan fingerprint density at radius 3 is 2.39 bits per heavy atom. The van der Waals surface area contributed by atoms with Gasteiger partial charge in [0.05, 0.1) is 0 Å². The van der Waals surface area contributed by atoms with Crippen LogP contribution >= 0.6 is 0 Å². The maximum absolute atomic E-state index is 12.1. The normalized spacial score (nSPS) is 10.3. The Morgan fingerprint density at radius 2 is 1.78 bits per heavy atom. The maximum atomic E-state index is 12.1. The summed E-state index contributed by atoms with van der Waals surface area (Å²) in [7, 11) is 0. The van der Waals surface area contributed by atoms with Crippen LogP contribution in [0, 0.1) is 27.7 Å². The van der Waals surface area contributed by atoms with Gasteiger partial charge < -0.3 is 10.6 Å². The predicted molar refractivity (Wildman–Crippen MR) is 93.2 cm³/mol. The summed E-state index contributed by atoms with van der Waals surface area (Å²) in [6, 6.07) is 5.88. The number of carbonyl (C=O) groups excluding carboxylic acids is 1. The van der Waals surface area contributed by atoms with Crippen LogP contribution in [0.3, 0.4) is 0 Å². The van der Waals surface area contributed by atoms with Crippen LogP contribution in [0.4, 0.5) is 11.5 Å². The van der Waals surface area contributed by atoms with Crippen molar-refractivity contribution < 1.29 is 4.79 Å². The third kappa shape index (κ3) is 4.16. The van der Waals surface area contributed by atoms with E-state index in [4.69, 9.17) is 0 Å². The second-order valence-corrected chi connectivity index (χ2v) is 5.58. The standard InChI is InChI=1S/C18H22N4O/c1-6-7-19-18(23)15-10-16(21-14(5)20-15)22-17-12(3)8-11(2)9-13(17)4/h6,8-10H,1,7H2,2-5H3,(H,19,23)(H,20,21,22). The molecule has 1 aromatic heterocycles. The van der Waals surface area contributed by atoms with Crippen LogP contribution in [0.25, 0.3) is 0 Å². The molecule has 5 nitrogen and oxygen atoms in total. The average molecular weight is 310 g/mol. The Labute approximate surface area is 136 Å². The highest BCUT2D eigenvalue weighted by Crippen LogP contribution is 2.25. The number of aromatic nitrogens is 2. The Kier molecular flexibility index (Phi) is 5.11. The second kappa shape index (κ2) is 7.05. The Morgan fingerprint density at radius 1 is 1.13 bits per heavy atom. The number of anilines is 2. The van der Waals surface area contributed by atoms with Gasteiger partial charge in [0.2, 0.25) is 0 Å². The Balaban J connectivity index is 2.32. The molecule has 0 atom stereocenters. The Bertz CT molecular complexity index is 730. The SMILES string of the molecule is C=CCNC(=O)c1cc(Nc2c(C)cc(C)cc2C)nc(C)n1. The number of rotatable bonds is 5. The number of amides is 1. The van der Waals surface area contributed by atoms with Gasteiger partial charge in [-0.15, -0.1) is 6.58 Å². The zero-order valence-electron chi connectivity index (χ0n) is 14.0. The molecule has 2 aromatic rings. The van der Waals surface area contributed by atoms with E-state index in [1.165, 1.54) is 5.56 Å². The lowest BCUT2D eigenvalue weighted by molar-refractivity contribution is 0.0952. The van der Waals surface area contributed by atoms with Crippen molar-refractivity contribution in [1.29, 1.82) is 0 Å². The van der Waals surface area contributed by atoms with Gasteiger partial charge in [-0.2, -0.15) is 0 Å². The first kappa shape index (κ1) is 16.7. The fourth-order valence-electron chi connectivity index (χ4n) is 2.51. The van der Waals surface area contributed by atoms with Gasteiger partial charge in [-0.3, -0.25) is 4.79 Å². The lowest BCUT2D eigenvalue weighted by atomic mass is 10.1. The smallest absolute Gasteiger partial charge is 0.270 e. The van der Waals surface area contributed by atoms with Crippen LogP contribution in [-0.4, -0.2) is 22.4 Å². The van der Waals surface area contributed by atoms with Crippen LogP contribution in [0.2, 0.25) is 0 Å². The molecule has 1 aromatic carbocycles. The van der Waals surface area contributed by atoms with Gasteiger partial charge in [-0.05, 0) is 38.8 Å². The van der Waals surface area contributed by atoms with Crippen LogP contribution in [0.1, 0.15) is 33.0 Å². The number of nitrogens with one attached hydrogen (secondary N) is 2. The highest BCUT2D eigenvalue weighted by molar-refractivity contribution is 5.93. The fraction of sp³-hybridized carbons (Fsp3) is 0.278. The van der Waals surface area contributed by atoms with Crippen molar-refractivity contribution in [3.05, 3.63) is 59.1 Å². The second-order valence-electron chi connectivity index (χ2n) is 5.58. The van der Waals surface area contributed by atoms with E-state index in [-0.39, 0.29) is 5.91 Å². The zero-order valence-corrected chi connectivity index (χ0v) is 14.0. The molecule has 5 heteroatoms. The molecule has 1 heterocycles. The summed E-state index contributed by atoms with van der Waals surface area (Å²) in [4.78, 5) is 20.6. The molecule has 0 aliphatic rings. The van der Waals surface area contributed by atoms with Crippen molar-refractivity contribution in [2.45, 2.75) is 27.7 Å². The molecular weight excluding hydrogens is 288 g/mol. The molecular formula is C18H22N4O. The van der Waals surface area contributed by atoms with Crippen molar-refractivity contribution in [2.75, 3.05) is 11.9 Å². The summed E-state index contributed by atoms with van der Waals surface area (Å²) < 4.78 is 0. The summed E-state index contributed by atoms with van der Waals surface area (Å²) in [6.07, 6.45) is 1.63. The summed E-state index contributed by atoms with van der Waals surface area (Å²) in [5, 5.41) is 6.03. The summed E-state index contributed by atoms with van der Waals surface area (Å²) >= 11 is 0. The van der Waals surface area contributed by atoms with Gasteiger partial charge in [-0.1, -0.05) is 23.8 Å². The molecule has 1 amide bonds. The quantitative estimate of drug-likeness (QED) is 0.831. The van der Waals surface area contributed by atoms with Crippen molar-refractivity contribution >= 4 is 17.4 Å². The average Bonchev–Trinajstić information content (AvgIpc) is 2.48. The van der Waals surface area contributed by atoms with Gasteiger partial charge in [0.1, 0.15) is 17.3 Å². The molecule has 2 rings (SSSR count). The molecule has 0 radical (unpaired) electrons. The number of benzene rings is 1. The van der Waals surface area contributed by atoms with Crippen molar-refractivity contribution in [2.24, 2.45) is 0 Å². The highest BCUT2D eigenvalue weighted by atomic mass is 16.1. The fourth-order valence-corrected chi connectivity index (χ4v) is 2.51. The molecule has 2 N–H and O–H groups in total. The number of carbonyl (C=O) groups is 1. The monoisotopic (exact) mass is 310 g/mol. The molecule has 0 saturated carbocycles. The number of hydrogen-bond acceptors (Lipinski definition) is 4. The van der Waals surface area contributed by atoms with Crippen LogP contribution < -0.4 is 10.6 Å². The van der Waals surface area contributed by atoms with Crippen LogP contribution in [-0.2, 0) is 0 Å². The molecule has 23 heavy (non-hydrogen) atoms. The topological polar surface area (TPSA) is 66.9 Å². The third-order valence-electron chi connectivity index (χ3n) is 3.41. The summed E-state index contributed by atoms with van der Waals surface area (Å²) in [6.45, 7) is 11.9. The third-order valence-corrected chi connectivity index (χ3v) is 3.41. The first-order valence-electron chi connectivity index (χ1n) is 7.50. The molecule has 0 saturated heterocycles. The van der Waals surface area contributed by atoms with E-state index in [0.717, 1.165) is 16.8 Å². The van der Waals surface area contributed by atoms with E-state index >= 15 is 0 Å². The van der Waals surface area contributed by atoms with Gasteiger partial charge in [-0.25, -0.2) is 9.97 Å². The highest BCUT2D eigenvalue weighted by Gasteiger charge is 2.11. The minimum atomic E-state index is -0.240. The number of nitrogens with zero attached hydrogens (tertiary/aromatic N) is 2. The first-order chi connectivity index (χ1) is 10.9. The van der Waals surface area contributed by atoms with Crippen LogP contribution in [0.5, 0.6) is 0 Å². The lowest BCUT2D eigenvalue weighted by Gasteiger charge is -2.14. The number of aryl methyl sites for hydroxylation is 4. The minimum absolute atomic E-state index is 0.240. The molecule has 0 aliphatic carbocycles. The maximum Gasteiger partial charge on any atom is 0.270 e. The van der Waals surface area contributed by atoms with Crippen molar-refractivity contribution in [1.82, 2.24) is 15.3 Å². The summed E-state index contributed by atoms with van der Waals surface area (Å²) in [5.74, 6) is 0.910. The molecule has 0 spiro atoms. The lowest BCUT2D eigenvalue weighted by Crippen LogP contribution is -2.24. The van der Waals surface area contributed by atoms with E-state index < -0.39 is 0 Å². The van der Waals surface area contributed by atoms with E-state index in [1.54, 1.807) is 19.1 Å². The largest absolute Gasteiger partial charge is 0.347 e. The van der Waals surface area contributed by atoms with Crippen LogP contribution in [0.15, 0.2) is 30.9 Å². The van der Waals surface area contributed by atoms with Gasteiger partial charge in [0.25, 0.3) is 5.91 Å². The molecule has 0 aliphatic heterocycles. The predicted octanol–water partition coefficient (Wildman–Crippen LogP) is 3.37. The first-order valence-corrected chi connectivity index (χ1v) is 7.50. The van der Waals surface area contributed by atoms with E-state index in [1.807, 2.05) is 13.8 Å². The van der Waals surface area contributed by atoms with Gasteiger partial charge >= 0.3 is 0 Å². The van der Waals surface area contributed by atoms with E-state index in [2.05, 4.69) is 46.2 Å².